The number of carboxylic acid groups (broad SMARTS) is 1. The number of amides is 1. The number of rotatable bonds is 7. The molecule has 1 fully saturated rings. The van der Waals surface area contributed by atoms with Crippen LogP contribution < -0.4 is 10.1 Å². The first-order valence-electron chi connectivity index (χ1n) is 11.4. The Kier molecular flexibility index (Phi) is 7.15. The second-order valence-corrected chi connectivity index (χ2v) is 8.52. The summed E-state index contributed by atoms with van der Waals surface area (Å²) in [5.74, 6) is -0.0483. The summed E-state index contributed by atoms with van der Waals surface area (Å²) in [5.41, 5.74) is 2.58. The number of carbonyl (C=O) groups excluding carboxylic acids is 1. The molecule has 4 rings (SSSR count). The maximum atomic E-state index is 12.5. The molecule has 0 spiro atoms. The standard InChI is InChI=1S/C26H28N2O6/c1-16-23(27-26(31)32-17(2)18-7-4-3-5-8-18)24(34-28-16)19-11-13-21(14-12-19)33-22-10-6-9-20(15-22)25(29)30/h3-5,7-8,11-14,17,20,22H,6,9-10,15H2,1-2H3,(H,27,31)(H,29,30)/t17-,20-,22+/m1/s1. The van der Waals surface area contributed by atoms with E-state index in [0.29, 0.717) is 41.3 Å². The van der Waals surface area contributed by atoms with Crippen LogP contribution in [0.4, 0.5) is 10.5 Å². The molecule has 0 unspecified atom stereocenters. The number of nitrogens with one attached hydrogen (secondary N) is 1. The predicted molar refractivity (Wildman–Crippen MR) is 126 cm³/mol. The molecular weight excluding hydrogens is 436 g/mol. The van der Waals surface area contributed by atoms with Crippen molar-refractivity contribution in [3.05, 3.63) is 65.9 Å². The highest BCUT2D eigenvalue weighted by molar-refractivity contribution is 5.90. The van der Waals surface area contributed by atoms with E-state index in [0.717, 1.165) is 18.4 Å². The van der Waals surface area contributed by atoms with Crippen molar-refractivity contribution in [2.45, 2.75) is 51.7 Å². The minimum atomic E-state index is -0.763. The van der Waals surface area contributed by atoms with Gasteiger partial charge in [0.05, 0.1) is 12.0 Å². The molecule has 1 aromatic heterocycles. The molecule has 0 bridgehead atoms. The van der Waals surface area contributed by atoms with Gasteiger partial charge in [0.15, 0.2) is 5.76 Å². The molecule has 1 saturated carbocycles. The van der Waals surface area contributed by atoms with Crippen molar-refractivity contribution in [2.75, 3.05) is 5.32 Å². The van der Waals surface area contributed by atoms with Crippen LogP contribution >= 0.6 is 0 Å². The van der Waals surface area contributed by atoms with Crippen LogP contribution in [0.5, 0.6) is 5.75 Å². The summed E-state index contributed by atoms with van der Waals surface area (Å²) < 4.78 is 17.0. The van der Waals surface area contributed by atoms with Crippen molar-refractivity contribution in [1.29, 1.82) is 0 Å². The molecule has 0 aliphatic heterocycles. The molecule has 0 radical (unpaired) electrons. The number of carbonyl (C=O) groups is 2. The average Bonchev–Trinajstić information content (AvgIpc) is 3.20. The first-order valence-corrected chi connectivity index (χ1v) is 11.4. The second kappa shape index (κ2) is 10.4. The molecule has 3 aromatic rings. The number of hydrogen-bond acceptors (Lipinski definition) is 6. The minimum Gasteiger partial charge on any atom is -0.490 e. The third kappa shape index (κ3) is 5.57. The molecule has 8 heteroatoms. The van der Waals surface area contributed by atoms with E-state index >= 15 is 0 Å². The quantitative estimate of drug-likeness (QED) is 0.442. The predicted octanol–water partition coefficient (Wildman–Crippen LogP) is 5.98. The smallest absolute Gasteiger partial charge is 0.412 e. The Labute approximate surface area is 197 Å². The summed E-state index contributed by atoms with van der Waals surface area (Å²) in [5, 5.41) is 16.0. The van der Waals surface area contributed by atoms with E-state index in [1.54, 1.807) is 26.0 Å². The Morgan fingerprint density at radius 2 is 1.85 bits per heavy atom. The molecule has 1 aliphatic rings. The van der Waals surface area contributed by atoms with Crippen molar-refractivity contribution < 1.29 is 28.7 Å². The van der Waals surface area contributed by atoms with Crippen LogP contribution in [-0.4, -0.2) is 28.4 Å². The van der Waals surface area contributed by atoms with Crippen molar-refractivity contribution in [1.82, 2.24) is 5.16 Å². The summed E-state index contributed by atoms with van der Waals surface area (Å²) in [6.45, 7) is 3.54. The summed E-state index contributed by atoms with van der Waals surface area (Å²) in [4.78, 5) is 23.8. The monoisotopic (exact) mass is 464 g/mol. The fourth-order valence-corrected chi connectivity index (χ4v) is 4.15. The molecule has 2 aromatic carbocycles. The van der Waals surface area contributed by atoms with E-state index in [2.05, 4.69) is 10.5 Å². The van der Waals surface area contributed by atoms with Crippen LogP contribution in [0.3, 0.4) is 0 Å². The lowest BCUT2D eigenvalue weighted by Crippen LogP contribution is -2.29. The lowest BCUT2D eigenvalue weighted by atomic mass is 9.87. The van der Waals surface area contributed by atoms with Gasteiger partial charge < -0.3 is 19.1 Å². The van der Waals surface area contributed by atoms with Crippen LogP contribution in [0.25, 0.3) is 11.3 Å². The van der Waals surface area contributed by atoms with Crippen molar-refractivity contribution in [3.63, 3.8) is 0 Å². The largest absolute Gasteiger partial charge is 0.490 e. The molecule has 8 nitrogen and oxygen atoms in total. The van der Waals surface area contributed by atoms with Gasteiger partial charge in [-0.15, -0.1) is 0 Å². The van der Waals surface area contributed by atoms with E-state index in [-0.39, 0.29) is 12.0 Å². The normalized spacial score (nSPS) is 18.6. The highest BCUT2D eigenvalue weighted by Gasteiger charge is 2.28. The highest BCUT2D eigenvalue weighted by atomic mass is 16.6. The maximum absolute atomic E-state index is 12.5. The van der Waals surface area contributed by atoms with Crippen molar-refractivity contribution in [2.24, 2.45) is 5.92 Å². The number of benzene rings is 2. The summed E-state index contributed by atoms with van der Waals surface area (Å²) >= 11 is 0. The Morgan fingerprint density at radius 1 is 1.12 bits per heavy atom. The third-order valence-electron chi connectivity index (χ3n) is 6.04. The fraction of sp³-hybridized carbons (Fsp3) is 0.346. The number of hydrogen-bond donors (Lipinski definition) is 2. The van der Waals surface area contributed by atoms with E-state index in [4.69, 9.17) is 14.0 Å². The zero-order valence-corrected chi connectivity index (χ0v) is 19.2. The number of carboxylic acids is 1. The van der Waals surface area contributed by atoms with Crippen LogP contribution in [0.1, 0.15) is 50.0 Å². The number of aliphatic carboxylic acids is 1. The van der Waals surface area contributed by atoms with E-state index < -0.39 is 18.2 Å². The summed E-state index contributed by atoms with van der Waals surface area (Å²) in [6, 6.07) is 16.7. The van der Waals surface area contributed by atoms with E-state index in [1.165, 1.54) is 0 Å². The van der Waals surface area contributed by atoms with Gasteiger partial charge in [-0.1, -0.05) is 35.5 Å². The zero-order chi connectivity index (χ0) is 24.1. The van der Waals surface area contributed by atoms with Gasteiger partial charge in [0.25, 0.3) is 0 Å². The molecule has 0 saturated heterocycles. The Bertz CT molecular complexity index is 1130. The Balaban J connectivity index is 1.41. The van der Waals surface area contributed by atoms with Gasteiger partial charge in [-0.25, -0.2) is 4.79 Å². The van der Waals surface area contributed by atoms with Crippen LogP contribution in [0.15, 0.2) is 59.1 Å². The van der Waals surface area contributed by atoms with Crippen LogP contribution in [-0.2, 0) is 9.53 Å². The molecule has 1 amide bonds. The first kappa shape index (κ1) is 23.4. The minimum absolute atomic E-state index is 0.119. The van der Waals surface area contributed by atoms with Gasteiger partial charge in [-0.3, -0.25) is 10.1 Å². The lowest BCUT2D eigenvalue weighted by Gasteiger charge is -2.27. The molecular formula is C26H28N2O6. The SMILES string of the molecule is Cc1noc(-c2ccc(O[C@H]3CCC[C@@H](C(=O)O)C3)cc2)c1NC(=O)O[C@H](C)c1ccccc1. The van der Waals surface area contributed by atoms with Gasteiger partial charge in [-0.2, -0.15) is 0 Å². The molecule has 1 heterocycles. The Morgan fingerprint density at radius 3 is 2.56 bits per heavy atom. The van der Waals surface area contributed by atoms with Crippen molar-refractivity contribution >= 4 is 17.7 Å². The van der Waals surface area contributed by atoms with Crippen LogP contribution in [0, 0.1) is 12.8 Å². The molecule has 178 valence electrons. The fourth-order valence-electron chi connectivity index (χ4n) is 4.15. The first-order chi connectivity index (χ1) is 16.4. The van der Waals surface area contributed by atoms with Gasteiger partial charge in [0.1, 0.15) is 23.2 Å². The number of aryl methyl sites for hydroxylation is 1. The summed E-state index contributed by atoms with van der Waals surface area (Å²) in [6.07, 6.45) is 1.75. The zero-order valence-electron chi connectivity index (χ0n) is 19.2. The lowest BCUT2D eigenvalue weighted by molar-refractivity contribution is -0.143. The number of ether oxygens (including phenoxy) is 2. The molecule has 1 aliphatic carbocycles. The number of nitrogens with zero attached hydrogens (tertiary/aromatic N) is 1. The third-order valence-corrected chi connectivity index (χ3v) is 6.04. The summed E-state index contributed by atoms with van der Waals surface area (Å²) in [7, 11) is 0. The number of aromatic nitrogens is 1. The average molecular weight is 465 g/mol. The van der Waals surface area contributed by atoms with E-state index in [1.807, 2.05) is 42.5 Å². The van der Waals surface area contributed by atoms with Gasteiger partial charge in [-0.05, 0) is 69.4 Å². The molecule has 3 atom stereocenters. The van der Waals surface area contributed by atoms with E-state index in [9.17, 15) is 14.7 Å². The Hall–Kier alpha value is -3.81. The van der Waals surface area contributed by atoms with Gasteiger partial charge >= 0.3 is 12.1 Å². The van der Waals surface area contributed by atoms with Gasteiger partial charge in [0, 0.05) is 5.56 Å². The van der Waals surface area contributed by atoms with Crippen LogP contribution in [0.2, 0.25) is 0 Å². The second-order valence-electron chi connectivity index (χ2n) is 8.52. The highest BCUT2D eigenvalue weighted by Crippen LogP contribution is 2.33. The molecule has 2 N–H and O–H groups in total. The van der Waals surface area contributed by atoms with Gasteiger partial charge in [0.2, 0.25) is 0 Å². The topological polar surface area (TPSA) is 111 Å². The maximum Gasteiger partial charge on any atom is 0.412 e. The van der Waals surface area contributed by atoms with Crippen molar-refractivity contribution in [3.8, 4) is 17.1 Å². The molecule has 34 heavy (non-hydrogen) atoms. The number of anilines is 1.